The number of primary amides is 1. The fourth-order valence-electron chi connectivity index (χ4n) is 4.27. The van der Waals surface area contributed by atoms with E-state index in [9.17, 15) is 28.0 Å². The van der Waals surface area contributed by atoms with Crippen LogP contribution in [0.15, 0.2) is 30.5 Å². The number of benzene rings is 1. The summed E-state index contributed by atoms with van der Waals surface area (Å²) >= 11 is 0. The molecule has 1 saturated heterocycles. The number of hydrogen-bond donors (Lipinski definition) is 2. The fraction of sp³-hybridized carbons (Fsp3) is 0.478. The van der Waals surface area contributed by atoms with Gasteiger partial charge in [0, 0.05) is 31.7 Å². The number of likely N-dealkylation sites (tertiary alicyclic amines) is 1. The van der Waals surface area contributed by atoms with E-state index in [1.54, 1.807) is 16.8 Å². The predicted molar refractivity (Wildman–Crippen MR) is 118 cm³/mol. The second kappa shape index (κ2) is 9.58. The number of rotatable bonds is 8. The van der Waals surface area contributed by atoms with Crippen molar-refractivity contribution in [1.82, 2.24) is 14.7 Å². The number of nitrogens with two attached hydrogens (primary N) is 1. The van der Waals surface area contributed by atoms with E-state index in [2.05, 4.69) is 26.1 Å². The molecule has 2 aliphatic rings. The Labute approximate surface area is 199 Å². The molecule has 186 valence electrons. The van der Waals surface area contributed by atoms with Crippen LogP contribution >= 0.6 is 0 Å². The summed E-state index contributed by atoms with van der Waals surface area (Å²) in [4.78, 5) is 26.3. The normalized spacial score (nSPS) is 18.0. The number of aromatic nitrogens is 2. The number of anilines is 1. The third kappa shape index (κ3) is 5.92. The van der Waals surface area contributed by atoms with Gasteiger partial charge in [-0.05, 0) is 43.4 Å². The molecule has 12 heteroatoms. The molecular weight excluding hydrogens is 465 g/mol. The summed E-state index contributed by atoms with van der Waals surface area (Å²) < 4.78 is 42.6. The lowest BCUT2D eigenvalue weighted by Gasteiger charge is -2.40. The van der Waals surface area contributed by atoms with Gasteiger partial charge in [-0.3, -0.25) is 19.2 Å². The molecule has 1 aromatic carbocycles. The molecule has 1 aromatic heterocycles. The van der Waals surface area contributed by atoms with Crippen molar-refractivity contribution in [3.05, 3.63) is 41.6 Å². The lowest BCUT2D eigenvalue weighted by atomic mass is 9.84. The molecule has 35 heavy (non-hydrogen) atoms. The van der Waals surface area contributed by atoms with Crippen LogP contribution in [0.1, 0.15) is 48.0 Å². The number of ether oxygens (including phenoxy) is 1. The van der Waals surface area contributed by atoms with Crippen molar-refractivity contribution in [2.24, 2.45) is 11.7 Å². The molecular formula is C23H25F3N6O3. The zero-order valence-corrected chi connectivity index (χ0v) is 18.8. The minimum atomic E-state index is -4.74. The highest BCUT2D eigenvalue weighted by Crippen LogP contribution is 2.36. The number of nitrogens with zero attached hydrogens (tertiary/aromatic N) is 4. The molecule has 1 aliphatic carbocycles. The Morgan fingerprint density at radius 3 is 2.43 bits per heavy atom. The third-order valence-electron chi connectivity index (χ3n) is 6.41. The number of piperidine rings is 1. The number of nitrogens with one attached hydrogen (secondary N) is 1. The summed E-state index contributed by atoms with van der Waals surface area (Å²) in [5.41, 5.74) is 5.75. The second-order valence-corrected chi connectivity index (χ2v) is 8.99. The molecule has 0 spiro atoms. The molecule has 1 aliphatic heterocycles. The van der Waals surface area contributed by atoms with E-state index < -0.39 is 17.8 Å². The van der Waals surface area contributed by atoms with Crippen LogP contribution in [-0.4, -0.2) is 45.9 Å². The summed E-state index contributed by atoms with van der Waals surface area (Å²) in [6.07, 6.45) is -0.399. The summed E-state index contributed by atoms with van der Waals surface area (Å²) in [7, 11) is 0. The zero-order valence-electron chi connectivity index (χ0n) is 18.8. The number of halogens is 3. The summed E-state index contributed by atoms with van der Waals surface area (Å²) in [5.74, 6) is -1.17. The lowest BCUT2D eigenvalue weighted by molar-refractivity contribution is -0.274. The van der Waals surface area contributed by atoms with Crippen molar-refractivity contribution in [2.75, 3.05) is 18.4 Å². The minimum Gasteiger partial charge on any atom is -0.406 e. The van der Waals surface area contributed by atoms with Gasteiger partial charge in [0.2, 0.25) is 5.91 Å². The largest absolute Gasteiger partial charge is 0.573 e. The maximum Gasteiger partial charge on any atom is 0.573 e. The van der Waals surface area contributed by atoms with E-state index >= 15 is 0 Å². The Morgan fingerprint density at radius 1 is 1.23 bits per heavy atom. The first-order chi connectivity index (χ1) is 16.6. The Kier molecular flexibility index (Phi) is 6.71. The minimum absolute atomic E-state index is 0.0775. The van der Waals surface area contributed by atoms with E-state index in [1.165, 1.54) is 18.3 Å². The molecule has 2 heterocycles. The zero-order chi connectivity index (χ0) is 25.2. The summed E-state index contributed by atoms with van der Waals surface area (Å²) in [5, 5.41) is 16.6. The molecule has 1 saturated carbocycles. The first-order valence-electron chi connectivity index (χ1n) is 11.2. The molecule has 2 aromatic rings. The van der Waals surface area contributed by atoms with Gasteiger partial charge >= 0.3 is 6.36 Å². The highest BCUT2D eigenvalue weighted by Gasteiger charge is 2.39. The van der Waals surface area contributed by atoms with E-state index in [1.807, 2.05) is 0 Å². The topological polar surface area (TPSA) is 126 Å². The van der Waals surface area contributed by atoms with Gasteiger partial charge in [0.05, 0.1) is 18.0 Å². The van der Waals surface area contributed by atoms with Crippen LogP contribution in [0.3, 0.4) is 0 Å². The standard InChI is InChI=1S/C23H25F3N6O3/c24-23(25,26)35-17-5-1-15(2-6-17)13-31-11-8-22(7-10-27,9-12-31)32-14-18(19(28)33)20(30-32)29-21(34)16-3-4-16/h1-2,5-6,14,16H,3-4,7-9,11-13H2,(H2,28,33)(H,29,30,34). The number of alkyl halides is 3. The Bertz CT molecular complexity index is 1130. The maximum absolute atomic E-state index is 12.4. The highest BCUT2D eigenvalue weighted by atomic mass is 19.4. The fourth-order valence-corrected chi connectivity index (χ4v) is 4.27. The molecule has 0 atom stereocenters. The molecule has 0 unspecified atom stereocenters. The molecule has 0 radical (unpaired) electrons. The number of amides is 2. The van der Waals surface area contributed by atoms with Gasteiger partial charge in [-0.25, -0.2) is 0 Å². The monoisotopic (exact) mass is 490 g/mol. The van der Waals surface area contributed by atoms with Crippen molar-refractivity contribution in [3.63, 3.8) is 0 Å². The Morgan fingerprint density at radius 2 is 1.89 bits per heavy atom. The van der Waals surface area contributed by atoms with Gasteiger partial charge < -0.3 is 15.8 Å². The Balaban J connectivity index is 1.45. The number of carbonyl (C=O) groups is 2. The number of nitriles is 1. The average molecular weight is 490 g/mol. The molecule has 2 amide bonds. The first kappa shape index (κ1) is 24.5. The van der Waals surface area contributed by atoms with Crippen LogP contribution in [0.2, 0.25) is 0 Å². The van der Waals surface area contributed by atoms with Gasteiger partial charge in [-0.15, -0.1) is 13.2 Å². The van der Waals surface area contributed by atoms with Crippen LogP contribution in [0.4, 0.5) is 19.0 Å². The Hall–Kier alpha value is -3.59. The van der Waals surface area contributed by atoms with Crippen molar-refractivity contribution in [3.8, 4) is 11.8 Å². The van der Waals surface area contributed by atoms with Crippen molar-refractivity contribution in [1.29, 1.82) is 5.26 Å². The summed E-state index contributed by atoms with van der Waals surface area (Å²) in [6.45, 7) is 1.71. The van der Waals surface area contributed by atoms with E-state index in [-0.39, 0.29) is 35.4 Å². The van der Waals surface area contributed by atoms with Crippen LogP contribution in [0, 0.1) is 17.2 Å². The van der Waals surface area contributed by atoms with Crippen LogP contribution in [0.5, 0.6) is 5.75 Å². The van der Waals surface area contributed by atoms with Gasteiger partial charge in [0.15, 0.2) is 5.82 Å². The molecule has 0 bridgehead atoms. The third-order valence-corrected chi connectivity index (χ3v) is 6.41. The van der Waals surface area contributed by atoms with Crippen LogP contribution in [0.25, 0.3) is 0 Å². The molecule has 3 N–H and O–H groups in total. The average Bonchev–Trinajstić information content (AvgIpc) is 3.56. The van der Waals surface area contributed by atoms with E-state index in [0.29, 0.717) is 32.5 Å². The number of hydrogen-bond acceptors (Lipinski definition) is 6. The first-order valence-corrected chi connectivity index (χ1v) is 11.2. The molecule has 9 nitrogen and oxygen atoms in total. The number of carbonyl (C=O) groups excluding carboxylic acids is 2. The van der Waals surface area contributed by atoms with Crippen molar-refractivity contribution in [2.45, 2.75) is 50.6 Å². The maximum atomic E-state index is 12.4. The SMILES string of the molecule is N#CCC1(n2cc(C(N)=O)c(NC(=O)C3CC3)n2)CCN(Cc2ccc(OC(F)(F)F)cc2)CC1. The van der Waals surface area contributed by atoms with Gasteiger partial charge in [-0.1, -0.05) is 12.1 Å². The molecule has 4 rings (SSSR count). The highest BCUT2D eigenvalue weighted by molar-refractivity contribution is 6.02. The van der Waals surface area contributed by atoms with E-state index in [4.69, 9.17) is 5.73 Å². The van der Waals surface area contributed by atoms with Gasteiger partial charge in [0.25, 0.3) is 5.91 Å². The van der Waals surface area contributed by atoms with Gasteiger partial charge in [-0.2, -0.15) is 10.4 Å². The van der Waals surface area contributed by atoms with Crippen molar-refractivity contribution < 1.29 is 27.5 Å². The quantitative estimate of drug-likeness (QED) is 0.586. The second-order valence-electron chi connectivity index (χ2n) is 8.99. The predicted octanol–water partition coefficient (Wildman–Crippen LogP) is 3.13. The van der Waals surface area contributed by atoms with Gasteiger partial charge in [0.1, 0.15) is 11.3 Å². The van der Waals surface area contributed by atoms with Crippen LogP contribution in [-0.2, 0) is 16.9 Å². The lowest BCUT2D eigenvalue weighted by Crippen LogP contribution is -2.46. The summed E-state index contributed by atoms with van der Waals surface area (Å²) in [6, 6.07) is 7.92. The van der Waals surface area contributed by atoms with Crippen LogP contribution < -0.4 is 15.8 Å². The van der Waals surface area contributed by atoms with Crippen molar-refractivity contribution >= 4 is 17.6 Å². The van der Waals surface area contributed by atoms with E-state index in [0.717, 1.165) is 18.4 Å². The smallest absolute Gasteiger partial charge is 0.406 e. The molecule has 2 fully saturated rings.